The first-order valence-corrected chi connectivity index (χ1v) is 13.6. The molecule has 9 atom stereocenters. The Balaban J connectivity index is 1.25. The maximum absolute atomic E-state index is 12.6. The third kappa shape index (κ3) is 3.68. The van der Waals surface area contributed by atoms with Gasteiger partial charge in [0.2, 0.25) is 5.91 Å². The number of hydrogen-bond acceptors (Lipinski definition) is 3. The molecule has 3 saturated carbocycles. The number of fused-ring (bicyclic) bond motifs is 5. The summed E-state index contributed by atoms with van der Waals surface area (Å²) >= 11 is 0. The molecule has 1 heterocycles. The summed E-state index contributed by atoms with van der Waals surface area (Å²) in [4.78, 5) is 18.3. The number of aliphatic hydroxyl groups excluding tert-OH is 1. The smallest absolute Gasteiger partial charge is 0.246 e. The molecule has 0 spiro atoms. The Kier molecular flexibility index (Phi) is 6.02. The van der Waals surface area contributed by atoms with Crippen LogP contribution in [0.15, 0.2) is 11.6 Å². The number of hydroxylamine groups is 2. The lowest BCUT2D eigenvalue weighted by Gasteiger charge is -2.58. The van der Waals surface area contributed by atoms with E-state index in [0.717, 1.165) is 55.9 Å². The fourth-order valence-corrected chi connectivity index (χ4v) is 9.10. The molecule has 0 aromatic carbocycles. The molecule has 1 amide bonds. The molecule has 4 aliphatic carbocycles. The summed E-state index contributed by atoms with van der Waals surface area (Å²) in [5, 5.41) is 11.9. The molecule has 4 nitrogen and oxygen atoms in total. The Bertz CT molecular complexity index is 764. The van der Waals surface area contributed by atoms with E-state index in [1.165, 1.54) is 38.5 Å². The van der Waals surface area contributed by atoms with Crippen molar-refractivity contribution in [1.29, 1.82) is 0 Å². The number of hydrogen-bond donors (Lipinski definition) is 1. The molecule has 0 radical (unpaired) electrons. The second-order valence-electron chi connectivity index (χ2n) is 12.6. The fourth-order valence-electron chi connectivity index (χ4n) is 9.10. The van der Waals surface area contributed by atoms with Crippen LogP contribution in [-0.4, -0.2) is 34.8 Å². The average molecular weight is 444 g/mol. The van der Waals surface area contributed by atoms with Crippen molar-refractivity contribution in [2.24, 2.45) is 40.4 Å². The highest BCUT2D eigenvalue weighted by Crippen LogP contribution is 2.67. The second kappa shape index (κ2) is 8.41. The minimum atomic E-state index is -0.117. The summed E-state index contributed by atoms with van der Waals surface area (Å²) in [5.74, 6) is 3.97. The molecular formula is C28H45NO3. The number of carbonyl (C=O) groups excluding carboxylic acids is 1. The largest absolute Gasteiger partial charge is 0.393 e. The predicted molar refractivity (Wildman–Crippen MR) is 126 cm³/mol. The van der Waals surface area contributed by atoms with Gasteiger partial charge in [0.05, 0.1) is 18.8 Å². The summed E-state index contributed by atoms with van der Waals surface area (Å²) < 4.78 is 0. The number of carbonyl (C=O) groups is 1. The summed E-state index contributed by atoms with van der Waals surface area (Å²) in [5.41, 5.74) is 2.32. The van der Waals surface area contributed by atoms with E-state index in [2.05, 4.69) is 26.8 Å². The number of allylic oxidation sites excluding steroid dienone is 1. The van der Waals surface area contributed by atoms with Crippen molar-refractivity contribution in [2.75, 3.05) is 6.54 Å². The molecule has 1 saturated heterocycles. The highest BCUT2D eigenvalue weighted by molar-refractivity contribution is 5.75. The molecule has 32 heavy (non-hydrogen) atoms. The molecule has 1 aliphatic heterocycles. The third-order valence-electron chi connectivity index (χ3n) is 11.0. The van der Waals surface area contributed by atoms with Crippen molar-refractivity contribution in [2.45, 2.75) is 111 Å². The number of nitrogens with zero attached hydrogens (tertiary/aromatic N) is 1. The van der Waals surface area contributed by atoms with Gasteiger partial charge in [-0.15, -0.1) is 0 Å². The van der Waals surface area contributed by atoms with Crippen LogP contribution in [-0.2, 0) is 9.63 Å². The van der Waals surface area contributed by atoms with E-state index < -0.39 is 0 Å². The number of rotatable bonds is 4. The third-order valence-corrected chi connectivity index (χ3v) is 11.0. The number of amides is 1. The van der Waals surface area contributed by atoms with E-state index in [1.54, 1.807) is 10.6 Å². The Hall–Kier alpha value is -0.870. The molecule has 4 fully saturated rings. The molecule has 5 rings (SSSR count). The Morgan fingerprint density at radius 2 is 2.00 bits per heavy atom. The van der Waals surface area contributed by atoms with Crippen LogP contribution < -0.4 is 0 Å². The zero-order valence-corrected chi connectivity index (χ0v) is 20.8. The van der Waals surface area contributed by atoms with Gasteiger partial charge in [-0.05, 0) is 112 Å². The molecule has 0 unspecified atom stereocenters. The first kappa shape index (κ1) is 22.9. The predicted octanol–water partition coefficient (Wildman–Crippen LogP) is 5.90. The van der Waals surface area contributed by atoms with Gasteiger partial charge in [-0.25, -0.2) is 5.06 Å². The van der Waals surface area contributed by atoms with Gasteiger partial charge in [0.1, 0.15) is 0 Å². The van der Waals surface area contributed by atoms with Crippen LogP contribution in [0.3, 0.4) is 0 Å². The Morgan fingerprint density at radius 3 is 2.75 bits per heavy atom. The van der Waals surface area contributed by atoms with E-state index in [9.17, 15) is 9.90 Å². The van der Waals surface area contributed by atoms with E-state index in [-0.39, 0.29) is 18.1 Å². The van der Waals surface area contributed by atoms with Crippen molar-refractivity contribution < 1.29 is 14.7 Å². The van der Waals surface area contributed by atoms with Crippen LogP contribution in [0, 0.1) is 40.4 Å². The zero-order valence-electron chi connectivity index (χ0n) is 20.8. The molecule has 0 bridgehead atoms. The lowest BCUT2D eigenvalue weighted by atomic mass is 9.47. The normalized spacial score (nSPS) is 46.8. The van der Waals surface area contributed by atoms with Gasteiger partial charge in [-0.3, -0.25) is 9.63 Å². The summed E-state index contributed by atoms with van der Waals surface area (Å²) in [6.45, 7) is 10.3. The Morgan fingerprint density at radius 1 is 1.19 bits per heavy atom. The van der Waals surface area contributed by atoms with E-state index in [0.29, 0.717) is 23.2 Å². The van der Waals surface area contributed by atoms with Gasteiger partial charge >= 0.3 is 0 Å². The van der Waals surface area contributed by atoms with Gasteiger partial charge in [-0.2, -0.15) is 0 Å². The minimum Gasteiger partial charge on any atom is -0.393 e. The lowest BCUT2D eigenvalue weighted by molar-refractivity contribution is -0.178. The quantitative estimate of drug-likeness (QED) is 0.551. The topological polar surface area (TPSA) is 49.8 Å². The summed E-state index contributed by atoms with van der Waals surface area (Å²) in [6.07, 6.45) is 14.9. The first-order chi connectivity index (χ1) is 15.2. The average Bonchev–Trinajstić information content (AvgIpc) is 3.35. The van der Waals surface area contributed by atoms with E-state index >= 15 is 0 Å². The zero-order chi connectivity index (χ0) is 22.7. The molecule has 0 aromatic rings. The Labute approximate surface area is 195 Å². The molecule has 5 aliphatic rings. The standard InChI is InChI=1S/C28H45NO3/c1-18(5-10-26(31)29-16-13-19(2)32-29)23-8-9-24-22-7-6-20-17-21(30)11-14-27(20,3)25(22)12-15-28(23,24)4/h6,18-19,21-25,30H,5,7-17H2,1-4H3/t18-,19-,21+,22+,23-,24+,25+,27+,28-/m1/s1. The summed E-state index contributed by atoms with van der Waals surface area (Å²) in [6, 6.07) is 0. The van der Waals surface area contributed by atoms with Crippen molar-refractivity contribution in [3.63, 3.8) is 0 Å². The fraction of sp³-hybridized carbons (Fsp3) is 0.893. The highest BCUT2D eigenvalue weighted by Gasteiger charge is 2.59. The van der Waals surface area contributed by atoms with Crippen molar-refractivity contribution in [3.8, 4) is 0 Å². The first-order valence-electron chi connectivity index (χ1n) is 13.6. The maximum Gasteiger partial charge on any atom is 0.246 e. The second-order valence-corrected chi connectivity index (χ2v) is 12.6. The van der Waals surface area contributed by atoms with Crippen molar-refractivity contribution in [3.05, 3.63) is 11.6 Å². The minimum absolute atomic E-state index is 0.117. The van der Waals surface area contributed by atoms with Crippen LogP contribution in [0.5, 0.6) is 0 Å². The van der Waals surface area contributed by atoms with E-state index in [1.807, 2.05) is 6.92 Å². The van der Waals surface area contributed by atoms with Gasteiger partial charge < -0.3 is 5.11 Å². The van der Waals surface area contributed by atoms with Crippen molar-refractivity contribution in [1.82, 2.24) is 5.06 Å². The van der Waals surface area contributed by atoms with Gasteiger partial charge in [-0.1, -0.05) is 32.4 Å². The maximum atomic E-state index is 12.6. The van der Waals surface area contributed by atoms with E-state index in [4.69, 9.17) is 4.84 Å². The molecule has 4 heteroatoms. The molecule has 1 N–H and O–H groups in total. The van der Waals surface area contributed by atoms with Crippen LogP contribution in [0.4, 0.5) is 0 Å². The van der Waals surface area contributed by atoms with Gasteiger partial charge in [0, 0.05) is 6.42 Å². The van der Waals surface area contributed by atoms with Crippen LogP contribution in [0.1, 0.15) is 98.3 Å². The summed E-state index contributed by atoms with van der Waals surface area (Å²) in [7, 11) is 0. The van der Waals surface area contributed by atoms with Gasteiger partial charge in [0.15, 0.2) is 0 Å². The molecular weight excluding hydrogens is 398 g/mol. The van der Waals surface area contributed by atoms with Gasteiger partial charge in [0.25, 0.3) is 0 Å². The van der Waals surface area contributed by atoms with Crippen LogP contribution in [0.2, 0.25) is 0 Å². The van der Waals surface area contributed by atoms with Crippen LogP contribution >= 0.6 is 0 Å². The highest BCUT2D eigenvalue weighted by atomic mass is 16.7. The van der Waals surface area contributed by atoms with Crippen LogP contribution in [0.25, 0.3) is 0 Å². The molecule has 0 aromatic heterocycles. The lowest BCUT2D eigenvalue weighted by Crippen LogP contribution is -2.50. The SMILES string of the molecule is C[C@@H]1CCN(C(=O)CC[C@@H](C)[C@H]2CC[C@H]3[C@@H]4CC=C5C[C@@H](O)CC[C@]5(C)[C@H]4CC[C@]23C)O1. The molecule has 180 valence electrons. The number of aliphatic hydroxyl groups is 1. The van der Waals surface area contributed by atoms with Crippen molar-refractivity contribution >= 4 is 5.91 Å². The monoisotopic (exact) mass is 443 g/mol.